The molecule has 0 saturated heterocycles. The van der Waals surface area contributed by atoms with Crippen molar-refractivity contribution in [1.82, 2.24) is 14.9 Å². The third-order valence-corrected chi connectivity index (χ3v) is 3.87. The molecule has 0 aromatic carbocycles. The Morgan fingerprint density at radius 2 is 2.40 bits per heavy atom. The van der Waals surface area contributed by atoms with Crippen molar-refractivity contribution < 1.29 is 9.53 Å². The minimum absolute atomic E-state index is 0.131. The Labute approximate surface area is 121 Å². The van der Waals surface area contributed by atoms with Gasteiger partial charge < -0.3 is 10.1 Å². The van der Waals surface area contributed by atoms with Crippen LogP contribution >= 0.6 is 11.6 Å². The average Bonchev–Trinajstić information content (AvgIpc) is 2.81. The number of hydrogen-bond acceptors (Lipinski definition) is 3. The lowest BCUT2D eigenvalue weighted by Crippen LogP contribution is -2.47. The predicted molar refractivity (Wildman–Crippen MR) is 76.1 cm³/mol. The highest BCUT2D eigenvalue weighted by Gasteiger charge is 2.31. The molecule has 2 aromatic heterocycles. The molecule has 1 N–H and O–H groups in total. The van der Waals surface area contributed by atoms with Crippen molar-refractivity contribution in [3.63, 3.8) is 0 Å². The molecule has 3 rings (SSSR count). The van der Waals surface area contributed by atoms with Gasteiger partial charge in [-0.2, -0.15) is 5.10 Å². The quantitative estimate of drug-likeness (QED) is 0.941. The molecule has 20 heavy (non-hydrogen) atoms. The first kappa shape index (κ1) is 13.4. The third-order valence-electron chi connectivity index (χ3n) is 3.57. The topological polar surface area (TPSA) is 55.6 Å². The number of pyridine rings is 1. The molecule has 1 saturated carbocycles. The number of aromatic nitrogens is 2. The van der Waals surface area contributed by atoms with Crippen LogP contribution in [-0.2, 0) is 4.74 Å². The molecule has 106 valence electrons. The minimum atomic E-state index is -0.131. The smallest absolute Gasteiger partial charge is 0.255 e. The summed E-state index contributed by atoms with van der Waals surface area (Å²) in [6, 6.07) is 3.73. The maximum atomic E-state index is 12.3. The summed E-state index contributed by atoms with van der Waals surface area (Å²) in [6.45, 7) is 2.70. The molecule has 1 amide bonds. The zero-order chi connectivity index (χ0) is 14.1. The van der Waals surface area contributed by atoms with Crippen LogP contribution in [0.5, 0.6) is 0 Å². The summed E-state index contributed by atoms with van der Waals surface area (Å²) in [5, 5.41) is 7.66. The molecule has 5 nitrogen and oxygen atoms in total. The van der Waals surface area contributed by atoms with Crippen LogP contribution in [0, 0.1) is 0 Å². The Morgan fingerprint density at radius 3 is 3.15 bits per heavy atom. The fraction of sp³-hybridized carbons (Fsp3) is 0.429. The van der Waals surface area contributed by atoms with E-state index < -0.39 is 0 Å². The number of nitrogens with one attached hydrogen (secondary N) is 1. The van der Waals surface area contributed by atoms with Crippen LogP contribution in [0.1, 0.15) is 30.1 Å². The van der Waals surface area contributed by atoms with Crippen molar-refractivity contribution >= 4 is 23.0 Å². The van der Waals surface area contributed by atoms with Crippen molar-refractivity contribution in [2.24, 2.45) is 0 Å². The molecule has 2 heterocycles. The molecular formula is C14H16ClN3O2. The van der Waals surface area contributed by atoms with Gasteiger partial charge >= 0.3 is 0 Å². The molecule has 0 spiro atoms. The first-order valence-corrected chi connectivity index (χ1v) is 7.11. The van der Waals surface area contributed by atoms with E-state index >= 15 is 0 Å². The van der Waals surface area contributed by atoms with Crippen LogP contribution in [0.2, 0.25) is 5.02 Å². The van der Waals surface area contributed by atoms with Gasteiger partial charge in [0.1, 0.15) is 0 Å². The van der Waals surface area contributed by atoms with E-state index in [0.717, 1.165) is 19.4 Å². The van der Waals surface area contributed by atoms with E-state index in [-0.39, 0.29) is 18.1 Å². The number of hydrogen-bond donors (Lipinski definition) is 1. The normalized spacial score (nSPS) is 21.7. The zero-order valence-electron chi connectivity index (χ0n) is 11.2. The number of carbonyl (C=O) groups is 1. The van der Waals surface area contributed by atoms with Gasteiger partial charge in [-0.1, -0.05) is 11.6 Å². The fourth-order valence-electron chi connectivity index (χ4n) is 2.49. The van der Waals surface area contributed by atoms with Crippen molar-refractivity contribution in [3.8, 4) is 0 Å². The molecular weight excluding hydrogens is 278 g/mol. The lowest BCUT2D eigenvalue weighted by atomic mass is 9.89. The van der Waals surface area contributed by atoms with E-state index in [1.165, 1.54) is 0 Å². The van der Waals surface area contributed by atoms with Gasteiger partial charge in [-0.25, -0.2) is 4.52 Å². The fourth-order valence-corrected chi connectivity index (χ4v) is 2.75. The lowest BCUT2D eigenvalue weighted by molar-refractivity contribution is -0.00861. The Hall–Kier alpha value is -1.59. The summed E-state index contributed by atoms with van der Waals surface area (Å²) in [7, 11) is 0. The van der Waals surface area contributed by atoms with Crippen LogP contribution < -0.4 is 5.32 Å². The van der Waals surface area contributed by atoms with Crippen molar-refractivity contribution in [2.45, 2.75) is 31.9 Å². The maximum absolute atomic E-state index is 12.3. The Balaban J connectivity index is 1.71. The molecule has 0 radical (unpaired) electrons. The van der Waals surface area contributed by atoms with Gasteiger partial charge in [0.2, 0.25) is 0 Å². The number of halogens is 1. The predicted octanol–water partition coefficient (Wildman–Crippen LogP) is 2.29. The van der Waals surface area contributed by atoms with Crippen LogP contribution in [0.3, 0.4) is 0 Å². The van der Waals surface area contributed by atoms with E-state index in [4.69, 9.17) is 16.3 Å². The molecule has 2 aromatic rings. The highest BCUT2D eigenvalue weighted by atomic mass is 35.5. The van der Waals surface area contributed by atoms with Crippen LogP contribution in [-0.4, -0.2) is 34.3 Å². The molecule has 0 unspecified atom stereocenters. The monoisotopic (exact) mass is 293 g/mol. The largest absolute Gasteiger partial charge is 0.378 e. The second-order valence-electron chi connectivity index (χ2n) is 4.93. The molecule has 1 fully saturated rings. The zero-order valence-corrected chi connectivity index (χ0v) is 11.9. The number of nitrogens with zero attached hydrogens (tertiary/aromatic N) is 2. The second-order valence-corrected chi connectivity index (χ2v) is 5.33. The van der Waals surface area contributed by atoms with Gasteiger partial charge in [0.25, 0.3) is 5.91 Å². The standard InChI is InChI=1S/C14H16ClN3O2/c1-2-20-10-6-9(7-10)17-14(19)11-8-16-18-5-3-4-12(15)13(11)18/h3-5,8-10H,2,6-7H2,1H3,(H,17,19). The average molecular weight is 294 g/mol. The highest BCUT2D eigenvalue weighted by Crippen LogP contribution is 2.25. The highest BCUT2D eigenvalue weighted by molar-refractivity contribution is 6.34. The van der Waals surface area contributed by atoms with E-state index in [9.17, 15) is 4.79 Å². The Morgan fingerprint density at radius 1 is 1.60 bits per heavy atom. The molecule has 0 bridgehead atoms. The third kappa shape index (κ3) is 2.39. The SMILES string of the molecule is CCOC1CC(NC(=O)c2cnn3cccc(Cl)c23)C1. The van der Waals surface area contributed by atoms with Gasteiger partial charge in [-0.3, -0.25) is 4.79 Å². The van der Waals surface area contributed by atoms with Gasteiger partial charge in [0.15, 0.2) is 0 Å². The van der Waals surface area contributed by atoms with Crippen molar-refractivity contribution in [1.29, 1.82) is 0 Å². The van der Waals surface area contributed by atoms with Crippen molar-refractivity contribution in [2.75, 3.05) is 6.61 Å². The molecule has 6 heteroatoms. The first-order valence-electron chi connectivity index (χ1n) is 6.73. The van der Waals surface area contributed by atoms with Crippen LogP contribution in [0.25, 0.3) is 5.52 Å². The number of rotatable bonds is 4. The molecule has 0 aliphatic heterocycles. The summed E-state index contributed by atoms with van der Waals surface area (Å²) < 4.78 is 7.09. The maximum Gasteiger partial charge on any atom is 0.255 e. The summed E-state index contributed by atoms with van der Waals surface area (Å²) in [4.78, 5) is 12.3. The Bertz CT molecular complexity index is 634. The van der Waals surface area contributed by atoms with Crippen molar-refractivity contribution in [3.05, 3.63) is 35.1 Å². The summed E-state index contributed by atoms with van der Waals surface area (Å²) in [5.41, 5.74) is 1.16. The molecule has 0 atom stereocenters. The number of ether oxygens (including phenoxy) is 1. The van der Waals surface area contributed by atoms with E-state index in [2.05, 4.69) is 10.4 Å². The van der Waals surface area contributed by atoms with E-state index in [1.807, 2.05) is 6.92 Å². The van der Waals surface area contributed by atoms with Gasteiger partial charge in [-0.15, -0.1) is 0 Å². The first-order chi connectivity index (χ1) is 9.69. The van der Waals surface area contributed by atoms with Crippen LogP contribution in [0.15, 0.2) is 24.5 Å². The second kappa shape index (κ2) is 5.42. The van der Waals surface area contributed by atoms with E-state index in [0.29, 0.717) is 16.1 Å². The van der Waals surface area contributed by atoms with Gasteiger partial charge in [-0.05, 0) is 31.9 Å². The number of amides is 1. The lowest BCUT2D eigenvalue weighted by Gasteiger charge is -2.35. The van der Waals surface area contributed by atoms with E-state index in [1.54, 1.807) is 29.0 Å². The summed E-state index contributed by atoms with van der Waals surface area (Å²) >= 11 is 6.14. The van der Waals surface area contributed by atoms with Gasteiger partial charge in [0.05, 0.1) is 28.4 Å². The summed E-state index contributed by atoms with van der Waals surface area (Å²) in [5.74, 6) is -0.131. The van der Waals surface area contributed by atoms with Crippen LogP contribution in [0.4, 0.5) is 0 Å². The summed E-state index contributed by atoms with van der Waals surface area (Å²) in [6.07, 6.45) is 5.33. The molecule has 1 aliphatic rings. The minimum Gasteiger partial charge on any atom is -0.378 e. The van der Waals surface area contributed by atoms with Gasteiger partial charge in [0, 0.05) is 18.8 Å². The number of carbonyl (C=O) groups excluding carboxylic acids is 1. The Kier molecular flexibility index (Phi) is 3.63. The molecule has 1 aliphatic carbocycles. The number of fused-ring (bicyclic) bond motifs is 1.